The highest BCUT2D eigenvalue weighted by Gasteiger charge is 2.04. The predicted octanol–water partition coefficient (Wildman–Crippen LogP) is 2.41. The van der Waals surface area contributed by atoms with Crippen LogP contribution in [0.4, 0.5) is 10.5 Å². The number of rotatable bonds is 4. The summed E-state index contributed by atoms with van der Waals surface area (Å²) in [7, 11) is 1.24. The normalized spacial score (nSPS) is 9.40. The van der Waals surface area contributed by atoms with E-state index in [1.54, 1.807) is 24.3 Å². The second-order valence-electron chi connectivity index (χ2n) is 2.77. The number of methoxy groups -OCH3 is 1. The Hall–Kier alpha value is -1.91. The summed E-state index contributed by atoms with van der Waals surface area (Å²) in [5.74, 6) is 0. The van der Waals surface area contributed by atoms with E-state index in [1.165, 1.54) is 7.11 Å². The molecular weight excluding hydrogens is 198 g/mol. The fraction of sp³-hybridized carbons (Fsp3) is 0.300. The smallest absolute Gasteiger partial charge is 0.438 e. The van der Waals surface area contributed by atoms with E-state index in [9.17, 15) is 9.70 Å². The molecular formula is C10H11NO4. The lowest BCUT2D eigenvalue weighted by Crippen LogP contribution is -2.07. The van der Waals surface area contributed by atoms with Crippen LogP contribution in [0, 0.1) is 4.91 Å². The maximum Gasteiger partial charge on any atom is 0.507 e. The van der Waals surface area contributed by atoms with Gasteiger partial charge in [-0.15, -0.1) is 4.91 Å². The highest BCUT2D eigenvalue weighted by atomic mass is 16.7. The van der Waals surface area contributed by atoms with Gasteiger partial charge < -0.3 is 9.47 Å². The molecule has 1 rings (SSSR count). The molecule has 0 amide bonds. The molecule has 5 heteroatoms. The van der Waals surface area contributed by atoms with Gasteiger partial charge >= 0.3 is 6.16 Å². The van der Waals surface area contributed by atoms with Crippen LogP contribution in [-0.2, 0) is 15.9 Å². The summed E-state index contributed by atoms with van der Waals surface area (Å²) in [6.07, 6.45) is -0.289. The number of nitrogens with zero attached hydrogens (tertiary/aromatic N) is 1. The molecule has 5 nitrogen and oxygen atoms in total. The predicted molar refractivity (Wildman–Crippen MR) is 54.0 cm³/mol. The zero-order valence-electron chi connectivity index (χ0n) is 8.30. The van der Waals surface area contributed by atoms with Gasteiger partial charge in [0.05, 0.1) is 13.7 Å². The van der Waals surface area contributed by atoms with Crippen molar-refractivity contribution in [1.82, 2.24) is 0 Å². The first kappa shape index (κ1) is 11.2. The Morgan fingerprint density at radius 2 is 2.13 bits per heavy atom. The number of ether oxygens (including phenoxy) is 2. The monoisotopic (exact) mass is 209 g/mol. The van der Waals surface area contributed by atoms with Gasteiger partial charge in [-0.2, -0.15) is 0 Å². The highest BCUT2D eigenvalue weighted by Crippen LogP contribution is 2.18. The lowest BCUT2D eigenvalue weighted by atomic mass is 10.1. The Bertz CT molecular complexity index is 351. The fourth-order valence-electron chi connectivity index (χ4n) is 1.11. The van der Waals surface area contributed by atoms with Gasteiger partial charge in [0.25, 0.3) is 0 Å². The van der Waals surface area contributed by atoms with Crippen molar-refractivity contribution in [2.75, 3.05) is 13.7 Å². The van der Waals surface area contributed by atoms with Gasteiger partial charge in [-0.1, -0.05) is 18.2 Å². The molecule has 0 bridgehead atoms. The van der Waals surface area contributed by atoms with Crippen molar-refractivity contribution in [2.24, 2.45) is 5.18 Å². The Morgan fingerprint density at radius 3 is 2.80 bits per heavy atom. The second-order valence-corrected chi connectivity index (χ2v) is 2.77. The van der Waals surface area contributed by atoms with Crippen LogP contribution in [0.1, 0.15) is 5.56 Å². The van der Waals surface area contributed by atoms with Gasteiger partial charge in [-0.25, -0.2) is 4.79 Å². The van der Waals surface area contributed by atoms with E-state index in [4.69, 9.17) is 0 Å². The molecule has 80 valence electrons. The van der Waals surface area contributed by atoms with Gasteiger partial charge in [-0.05, 0) is 16.8 Å². The molecule has 0 aliphatic rings. The van der Waals surface area contributed by atoms with Crippen molar-refractivity contribution in [3.8, 4) is 0 Å². The summed E-state index contributed by atoms with van der Waals surface area (Å²) in [6, 6.07) is 6.89. The minimum Gasteiger partial charge on any atom is -0.438 e. The number of carbonyl (C=O) groups is 1. The molecule has 0 aliphatic carbocycles. The third-order valence-corrected chi connectivity index (χ3v) is 1.85. The van der Waals surface area contributed by atoms with Crippen molar-refractivity contribution in [1.29, 1.82) is 0 Å². The summed E-state index contributed by atoms with van der Waals surface area (Å²) in [6.45, 7) is 0.166. The fourth-order valence-corrected chi connectivity index (χ4v) is 1.11. The van der Waals surface area contributed by atoms with Gasteiger partial charge in [0.2, 0.25) is 0 Å². The Balaban J connectivity index is 2.50. The first-order valence-corrected chi connectivity index (χ1v) is 4.40. The molecule has 0 heterocycles. The number of hydrogen-bond acceptors (Lipinski definition) is 5. The van der Waals surface area contributed by atoms with Gasteiger partial charge in [-0.3, -0.25) is 0 Å². The van der Waals surface area contributed by atoms with E-state index in [-0.39, 0.29) is 6.61 Å². The van der Waals surface area contributed by atoms with Crippen LogP contribution in [0.5, 0.6) is 0 Å². The second kappa shape index (κ2) is 5.74. The van der Waals surface area contributed by atoms with E-state index in [0.29, 0.717) is 12.1 Å². The van der Waals surface area contributed by atoms with E-state index >= 15 is 0 Å². The van der Waals surface area contributed by atoms with E-state index in [2.05, 4.69) is 14.7 Å². The molecule has 1 aromatic carbocycles. The minimum absolute atomic E-state index is 0.166. The number of carbonyl (C=O) groups excluding carboxylic acids is 1. The maximum atomic E-state index is 10.6. The molecule has 0 saturated carbocycles. The van der Waals surface area contributed by atoms with Gasteiger partial charge in [0.1, 0.15) is 5.69 Å². The largest absolute Gasteiger partial charge is 0.507 e. The molecule has 0 spiro atoms. The molecule has 0 aliphatic heterocycles. The van der Waals surface area contributed by atoms with Crippen molar-refractivity contribution >= 4 is 11.8 Å². The molecule has 0 saturated heterocycles. The quantitative estimate of drug-likeness (QED) is 0.564. The molecule has 0 aromatic heterocycles. The average Bonchev–Trinajstić information content (AvgIpc) is 2.29. The highest BCUT2D eigenvalue weighted by molar-refractivity contribution is 5.59. The molecule has 0 radical (unpaired) electrons. The summed E-state index contributed by atoms with van der Waals surface area (Å²) in [5.41, 5.74) is 1.11. The van der Waals surface area contributed by atoms with E-state index < -0.39 is 6.16 Å². The third-order valence-electron chi connectivity index (χ3n) is 1.85. The summed E-state index contributed by atoms with van der Waals surface area (Å²) < 4.78 is 8.99. The first-order valence-electron chi connectivity index (χ1n) is 4.40. The van der Waals surface area contributed by atoms with Crippen LogP contribution in [0.25, 0.3) is 0 Å². The number of hydrogen-bond donors (Lipinski definition) is 0. The molecule has 0 fully saturated rings. The minimum atomic E-state index is -0.730. The Kier molecular flexibility index (Phi) is 4.28. The van der Waals surface area contributed by atoms with Crippen LogP contribution in [0.3, 0.4) is 0 Å². The number of nitroso groups, excluding NO2 is 1. The van der Waals surface area contributed by atoms with Gasteiger partial charge in [0.15, 0.2) is 0 Å². The zero-order valence-corrected chi connectivity index (χ0v) is 8.30. The molecule has 0 unspecified atom stereocenters. The molecule has 15 heavy (non-hydrogen) atoms. The van der Waals surface area contributed by atoms with Crippen molar-refractivity contribution in [2.45, 2.75) is 6.42 Å². The summed E-state index contributed by atoms with van der Waals surface area (Å²) in [5, 5.41) is 2.87. The SMILES string of the molecule is COC(=O)OCCc1ccccc1N=O. The maximum absolute atomic E-state index is 10.6. The summed E-state index contributed by atoms with van der Waals surface area (Å²) >= 11 is 0. The van der Waals surface area contributed by atoms with Crippen LogP contribution < -0.4 is 0 Å². The molecule has 0 atom stereocenters. The Labute approximate surface area is 87.0 Å². The number of benzene rings is 1. The molecule has 0 N–H and O–H groups in total. The van der Waals surface area contributed by atoms with E-state index in [1.807, 2.05) is 0 Å². The van der Waals surface area contributed by atoms with Gasteiger partial charge in [0, 0.05) is 6.42 Å². The van der Waals surface area contributed by atoms with Crippen LogP contribution in [-0.4, -0.2) is 19.9 Å². The lowest BCUT2D eigenvalue weighted by Gasteiger charge is -2.04. The lowest BCUT2D eigenvalue weighted by molar-refractivity contribution is 0.0737. The summed E-state index contributed by atoms with van der Waals surface area (Å²) in [4.78, 5) is 21.0. The Morgan fingerprint density at radius 1 is 1.40 bits per heavy atom. The topological polar surface area (TPSA) is 65.0 Å². The zero-order chi connectivity index (χ0) is 11.1. The van der Waals surface area contributed by atoms with Crippen molar-refractivity contribution < 1.29 is 14.3 Å². The van der Waals surface area contributed by atoms with Crippen molar-refractivity contribution in [3.05, 3.63) is 34.7 Å². The standard InChI is InChI=1S/C10H11NO4/c1-14-10(12)15-7-6-8-4-2-3-5-9(8)11-13/h2-5H,6-7H2,1H3. The molecule has 1 aromatic rings. The van der Waals surface area contributed by atoms with Crippen LogP contribution >= 0.6 is 0 Å². The average molecular weight is 209 g/mol. The van der Waals surface area contributed by atoms with Crippen LogP contribution in [0.15, 0.2) is 29.4 Å². The third kappa shape index (κ3) is 3.38. The first-order chi connectivity index (χ1) is 7.27. The van der Waals surface area contributed by atoms with E-state index in [0.717, 1.165) is 5.56 Å². The van der Waals surface area contributed by atoms with Crippen LogP contribution in [0.2, 0.25) is 0 Å². The van der Waals surface area contributed by atoms with Crippen molar-refractivity contribution in [3.63, 3.8) is 0 Å².